The zero-order valence-corrected chi connectivity index (χ0v) is 10.3. The highest BCUT2D eigenvalue weighted by atomic mass is 16.5. The highest BCUT2D eigenvalue weighted by Gasteiger charge is 2.26. The van der Waals surface area contributed by atoms with Crippen molar-refractivity contribution in [3.05, 3.63) is 23.3 Å². The van der Waals surface area contributed by atoms with Crippen LogP contribution in [-0.4, -0.2) is 25.6 Å². The summed E-state index contributed by atoms with van der Waals surface area (Å²) in [6.07, 6.45) is 0.804. The van der Waals surface area contributed by atoms with Crippen molar-refractivity contribution >= 4 is 11.6 Å². The second kappa shape index (κ2) is 4.75. The van der Waals surface area contributed by atoms with Crippen molar-refractivity contribution < 1.29 is 9.53 Å². The number of nitrogens with two attached hydrogens (primary N) is 1. The minimum atomic E-state index is 0.0101. The van der Waals surface area contributed by atoms with Crippen LogP contribution in [0.1, 0.15) is 17.5 Å². The van der Waals surface area contributed by atoms with Crippen LogP contribution in [0, 0.1) is 13.8 Å². The van der Waals surface area contributed by atoms with Crippen molar-refractivity contribution in [1.29, 1.82) is 0 Å². The van der Waals surface area contributed by atoms with Crippen LogP contribution in [-0.2, 0) is 4.79 Å². The number of fused-ring (bicyclic) bond motifs is 1. The number of amides is 1. The molecule has 0 atom stereocenters. The van der Waals surface area contributed by atoms with E-state index in [1.165, 1.54) is 0 Å². The van der Waals surface area contributed by atoms with Crippen molar-refractivity contribution in [3.8, 4) is 5.75 Å². The van der Waals surface area contributed by atoms with Crippen LogP contribution < -0.4 is 15.4 Å². The third-order valence-electron chi connectivity index (χ3n) is 2.92. The molecule has 1 heterocycles. The van der Waals surface area contributed by atoms with Gasteiger partial charge in [-0.25, -0.2) is 0 Å². The lowest BCUT2D eigenvalue weighted by atomic mass is 10.1. The van der Waals surface area contributed by atoms with E-state index in [2.05, 4.69) is 6.07 Å². The molecule has 1 aliphatic heterocycles. The highest BCUT2D eigenvalue weighted by Crippen LogP contribution is 2.36. The molecule has 17 heavy (non-hydrogen) atoms. The van der Waals surface area contributed by atoms with E-state index in [-0.39, 0.29) is 12.5 Å². The van der Waals surface area contributed by atoms with Crippen LogP contribution in [0.25, 0.3) is 0 Å². The zero-order valence-electron chi connectivity index (χ0n) is 10.3. The fourth-order valence-electron chi connectivity index (χ4n) is 2.16. The summed E-state index contributed by atoms with van der Waals surface area (Å²) in [5, 5.41) is 0. The molecule has 0 fully saturated rings. The second-order valence-electron chi connectivity index (χ2n) is 4.41. The molecule has 1 aromatic rings. The van der Waals surface area contributed by atoms with Crippen LogP contribution in [0.3, 0.4) is 0 Å². The number of hydrogen-bond donors (Lipinski definition) is 1. The predicted octanol–water partition coefficient (Wildman–Crippen LogP) is 1.38. The normalized spacial score (nSPS) is 14.5. The average Bonchev–Trinajstić information content (AvgIpc) is 2.27. The minimum Gasteiger partial charge on any atom is -0.481 e. The van der Waals surface area contributed by atoms with Gasteiger partial charge in [-0.05, 0) is 44.0 Å². The Kier molecular flexibility index (Phi) is 3.33. The first-order valence-corrected chi connectivity index (χ1v) is 5.88. The Hall–Kier alpha value is -1.55. The summed E-state index contributed by atoms with van der Waals surface area (Å²) in [4.78, 5) is 13.6. The largest absolute Gasteiger partial charge is 0.481 e. The Labute approximate surface area is 101 Å². The fourth-order valence-corrected chi connectivity index (χ4v) is 2.16. The number of anilines is 1. The minimum absolute atomic E-state index is 0.0101. The summed E-state index contributed by atoms with van der Waals surface area (Å²) in [5.41, 5.74) is 8.59. The molecule has 4 heteroatoms. The van der Waals surface area contributed by atoms with E-state index in [9.17, 15) is 4.79 Å². The molecular weight excluding hydrogens is 216 g/mol. The maximum atomic E-state index is 11.8. The highest BCUT2D eigenvalue weighted by molar-refractivity contribution is 5.98. The summed E-state index contributed by atoms with van der Waals surface area (Å²) in [5.74, 6) is 0.836. The van der Waals surface area contributed by atoms with Gasteiger partial charge in [0.25, 0.3) is 5.91 Å². The number of aryl methyl sites for hydroxylation is 2. The van der Waals surface area contributed by atoms with Gasteiger partial charge in [0.15, 0.2) is 6.61 Å². The van der Waals surface area contributed by atoms with Gasteiger partial charge in [-0.3, -0.25) is 4.79 Å². The molecule has 0 saturated carbocycles. The number of carbonyl (C=O) groups is 1. The third-order valence-corrected chi connectivity index (χ3v) is 2.92. The van der Waals surface area contributed by atoms with Gasteiger partial charge in [0.05, 0.1) is 5.69 Å². The molecule has 2 N–H and O–H groups in total. The van der Waals surface area contributed by atoms with Crippen molar-refractivity contribution in [3.63, 3.8) is 0 Å². The number of nitrogens with zero attached hydrogens (tertiary/aromatic N) is 1. The van der Waals surface area contributed by atoms with Gasteiger partial charge in [-0.15, -0.1) is 0 Å². The summed E-state index contributed by atoms with van der Waals surface area (Å²) >= 11 is 0. The van der Waals surface area contributed by atoms with Crippen molar-refractivity contribution in [2.24, 2.45) is 5.73 Å². The molecule has 4 nitrogen and oxygen atoms in total. The topological polar surface area (TPSA) is 55.6 Å². The number of rotatable bonds is 3. The van der Waals surface area contributed by atoms with Gasteiger partial charge in [0, 0.05) is 6.54 Å². The summed E-state index contributed by atoms with van der Waals surface area (Å²) in [6, 6.07) is 4.06. The maximum absolute atomic E-state index is 11.8. The van der Waals surface area contributed by atoms with Crippen molar-refractivity contribution in [1.82, 2.24) is 0 Å². The maximum Gasteiger partial charge on any atom is 0.265 e. The van der Waals surface area contributed by atoms with Gasteiger partial charge in [0.2, 0.25) is 0 Å². The van der Waals surface area contributed by atoms with E-state index in [1.807, 2.05) is 19.9 Å². The predicted molar refractivity (Wildman–Crippen MR) is 67.4 cm³/mol. The third kappa shape index (κ3) is 2.26. The molecule has 1 amide bonds. The van der Waals surface area contributed by atoms with Gasteiger partial charge in [-0.1, -0.05) is 6.07 Å². The molecule has 0 aromatic heterocycles. The van der Waals surface area contributed by atoms with E-state index >= 15 is 0 Å². The Morgan fingerprint density at radius 2 is 2.18 bits per heavy atom. The van der Waals surface area contributed by atoms with Gasteiger partial charge in [0.1, 0.15) is 5.75 Å². The van der Waals surface area contributed by atoms with E-state index < -0.39 is 0 Å². The Balaban J connectivity index is 2.39. The molecule has 1 aromatic carbocycles. The van der Waals surface area contributed by atoms with Gasteiger partial charge >= 0.3 is 0 Å². The average molecular weight is 234 g/mol. The quantitative estimate of drug-likeness (QED) is 0.859. The molecule has 2 rings (SSSR count). The Morgan fingerprint density at radius 3 is 2.88 bits per heavy atom. The van der Waals surface area contributed by atoms with Crippen molar-refractivity contribution in [2.45, 2.75) is 20.3 Å². The summed E-state index contributed by atoms with van der Waals surface area (Å²) in [7, 11) is 0. The summed E-state index contributed by atoms with van der Waals surface area (Å²) < 4.78 is 5.51. The zero-order chi connectivity index (χ0) is 12.4. The molecule has 0 aliphatic carbocycles. The van der Waals surface area contributed by atoms with Crippen LogP contribution in [0.15, 0.2) is 12.1 Å². The Bertz CT molecular complexity index is 443. The molecule has 0 radical (unpaired) electrons. The smallest absolute Gasteiger partial charge is 0.265 e. The first kappa shape index (κ1) is 11.9. The van der Waals surface area contributed by atoms with Crippen LogP contribution in [0.4, 0.5) is 5.69 Å². The van der Waals surface area contributed by atoms with Gasteiger partial charge in [-0.2, -0.15) is 0 Å². The molecule has 0 unspecified atom stereocenters. The molecule has 1 aliphatic rings. The number of carbonyl (C=O) groups excluding carboxylic acids is 1. The van der Waals surface area contributed by atoms with Gasteiger partial charge < -0.3 is 15.4 Å². The standard InChI is InChI=1S/C13H18N2O2/c1-9-6-10(2)13-11(7-9)15(5-3-4-14)12(16)8-17-13/h6-7H,3-5,8,14H2,1-2H3. The van der Waals surface area contributed by atoms with E-state index in [0.29, 0.717) is 13.1 Å². The van der Waals surface area contributed by atoms with Crippen LogP contribution >= 0.6 is 0 Å². The monoisotopic (exact) mass is 234 g/mol. The van der Waals surface area contributed by atoms with Crippen LogP contribution in [0.5, 0.6) is 5.75 Å². The molecule has 0 spiro atoms. The Morgan fingerprint density at radius 1 is 1.41 bits per heavy atom. The lowest BCUT2D eigenvalue weighted by Crippen LogP contribution is -2.40. The lowest BCUT2D eigenvalue weighted by Gasteiger charge is -2.30. The molecule has 0 bridgehead atoms. The summed E-state index contributed by atoms with van der Waals surface area (Å²) in [6.45, 7) is 5.40. The van der Waals surface area contributed by atoms with E-state index in [0.717, 1.165) is 29.0 Å². The lowest BCUT2D eigenvalue weighted by molar-refractivity contribution is -0.121. The number of benzene rings is 1. The van der Waals surface area contributed by atoms with Crippen LogP contribution in [0.2, 0.25) is 0 Å². The number of hydrogen-bond acceptors (Lipinski definition) is 3. The van der Waals surface area contributed by atoms with E-state index in [1.54, 1.807) is 4.90 Å². The first-order chi connectivity index (χ1) is 8.13. The second-order valence-corrected chi connectivity index (χ2v) is 4.41. The number of ether oxygens (including phenoxy) is 1. The molecule has 0 saturated heterocycles. The van der Waals surface area contributed by atoms with Crippen molar-refractivity contribution in [2.75, 3.05) is 24.6 Å². The molecule has 92 valence electrons. The van der Waals surface area contributed by atoms with E-state index in [4.69, 9.17) is 10.5 Å². The molecular formula is C13H18N2O2. The fraction of sp³-hybridized carbons (Fsp3) is 0.462. The first-order valence-electron chi connectivity index (χ1n) is 5.88. The SMILES string of the molecule is Cc1cc(C)c2c(c1)N(CCCN)C(=O)CO2.